The van der Waals surface area contributed by atoms with Gasteiger partial charge in [0.05, 0.1) is 7.11 Å². The maximum absolute atomic E-state index is 13.9. The highest BCUT2D eigenvalue weighted by molar-refractivity contribution is 5.28. The Hall–Kier alpha value is -1.09. The van der Waals surface area contributed by atoms with Crippen molar-refractivity contribution < 1.29 is 9.13 Å². The Labute approximate surface area is 121 Å². The summed E-state index contributed by atoms with van der Waals surface area (Å²) in [6.45, 7) is 2.82. The molecule has 0 heterocycles. The Morgan fingerprint density at radius 2 is 1.95 bits per heavy atom. The fraction of sp³-hybridized carbons (Fsp3) is 0.647. The molecule has 0 spiro atoms. The van der Waals surface area contributed by atoms with Crippen molar-refractivity contribution >= 4 is 0 Å². The molecule has 1 aromatic rings. The van der Waals surface area contributed by atoms with Gasteiger partial charge in [0.25, 0.3) is 0 Å². The summed E-state index contributed by atoms with van der Waals surface area (Å²) in [4.78, 5) is 0. The van der Waals surface area contributed by atoms with E-state index in [1.165, 1.54) is 44.6 Å². The van der Waals surface area contributed by atoms with Gasteiger partial charge < -0.3 is 10.1 Å². The number of methoxy groups -OCH3 is 1. The van der Waals surface area contributed by atoms with Crippen LogP contribution in [0.15, 0.2) is 18.2 Å². The monoisotopic (exact) mass is 279 g/mol. The standard InChI is InChI=1S/C17H26FNO/c1-13(14-7-5-3-4-6-8-14)19-12-15-9-10-16(20-2)11-17(15)18/h9-11,13-14,19H,3-8,12H2,1-2H3/t13-/m0/s1. The Kier molecular flexibility index (Phi) is 5.84. The van der Waals surface area contributed by atoms with Gasteiger partial charge in [0.15, 0.2) is 0 Å². The summed E-state index contributed by atoms with van der Waals surface area (Å²) in [5.74, 6) is 1.12. The van der Waals surface area contributed by atoms with Crippen LogP contribution >= 0.6 is 0 Å². The van der Waals surface area contributed by atoms with E-state index in [1.807, 2.05) is 6.07 Å². The van der Waals surface area contributed by atoms with Crippen LogP contribution in [0.2, 0.25) is 0 Å². The van der Waals surface area contributed by atoms with E-state index in [0.717, 1.165) is 5.92 Å². The summed E-state index contributed by atoms with van der Waals surface area (Å²) in [5, 5.41) is 3.49. The summed E-state index contributed by atoms with van der Waals surface area (Å²) in [6, 6.07) is 5.53. The van der Waals surface area contributed by atoms with Crippen molar-refractivity contribution in [3.63, 3.8) is 0 Å². The molecule has 112 valence electrons. The van der Waals surface area contributed by atoms with Crippen molar-refractivity contribution in [2.75, 3.05) is 7.11 Å². The normalized spacial score (nSPS) is 18.6. The zero-order chi connectivity index (χ0) is 14.4. The molecule has 0 unspecified atom stereocenters. The third kappa shape index (κ3) is 4.20. The highest BCUT2D eigenvalue weighted by Crippen LogP contribution is 2.25. The first-order valence-electron chi connectivity index (χ1n) is 7.76. The van der Waals surface area contributed by atoms with E-state index in [-0.39, 0.29) is 5.82 Å². The van der Waals surface area contributed by atoms with Crippen LogP contribution in [0.4, 0.5) is 4.39 Å². The van der Waals surface area contributed by atoms with E-state index in [4.69, 9.17) is 4.74 Å². The van der Waals surface area contributed by atoms with E-state index in [9.17, 15) is 4.39 Å². The molecule has 1 fully saturated rings. The second-order valence-corrected chi connectivity index (χ2v) is 5.88. The second-order valence-electron chi connectivity index (χ2n) is 5.88. The summed E-state index contributed by atoms with van der Waals surface area (Å²) in [5.41, 5.74) is 0.714. The zero-order valence-corrected chi connectivity index (χ0v) is 12.6. The van der Waals surface area contributed by atoms with Gasteiger partial charge in [0.1, 0.15) is 11.6 Å². The van der Waals surface area contributed by atoms with E-state index < -0.39 is 0 Å². The summed E-state index contributed by atoms with van der Waals surface area (Å²) in [6.07, 6.45) is 8.03. The van der Waals surface area contributed by atoms with Gasteiger partial charge >= 0.3 is 0 Å². The second kappa shape index (κ2) is 7.63. The van der Waals surface area contributed by atoms with Crippen LogP contribution in [-0.4, -0.2) is 13.2 Å². The van der Waals surface area contributed by atoms with Gasteiger partial charge in [0, 0.05) is 24.2 Å². The first-order valence-corrected chi connectivity index (χ1v) is 7.76. The molecule has 1 saturated carbocycles. The van der Waals surface area contributed by atoms with E-state index in [1.54, 1.807) is 13.2 Å². The van der Waals surface area contributed by atoms with Gasteiger partial charge in [0.2, 0.25) is 0 Å². The van der Waals surface area contributed by atoms with Gasteiger partial charge in [-0.1, -0.05) is 31.7 Å². The van der Waals surface area contributed by atoms with Crippen molar-refractivity contribution in [2.45, 2.75) is 58.0 Å². The lowest BCUT2D eigenvalue weighted by Gasteiger charge is -2.24. The van der Waals surface area contributed by atoms with E-state index >= 15 is 0 Å². The zero-order valence-electron chi connectivity index (χ0n) is 12.6. The van der Waals surface area contributed by atoms with Crippen molar-refractivity contribution in [3.8, 4) is 5.75 Å². The van der Waals surface area contributed by atoms with Crippen LogP contribution in [0.3, 0.4) is 0 Å². The maximum atomic E-state index is 13.9. The highest BCUT2D eigenvalue weighted by Gasteiger charge is 2.18. The number of ether oxygens (including phenoxy) is 1. The Morgan fingerprint density at radius 1 is 1.25 bits per heavy atom. The molecule has 0 aromatic heterocycles. The van der Waals surface area contributed by atoms with E-state index in [2.05, 4.69) is 12.2 Å². The molecule has 2 nitrogen and oxygen atoms in total. The fourth-order valence-corrected chi connectivity index (χ4v) is 3.05. The molecular weight excluding hydrogens is 253 g/mol. The van der Waals surface area contributed by atoms with Crippen molar-refractivity contribution in [1.82, 2.24) is 5.32 Å². The predicted molar refractivity (Wildman–Crippen MR) is 80.4 cm³/mol. The summed E-state index contributed by atoms with van der Waals surface area (Å²) >= 11 is 0. The number of halogens is 1. The van der Waals surface area contributed by atoms with Gasteiger partial charge in [-0.25, -0.2) is 4.39 Å². The lowest BCUT2D eigenvalue weighted by Crippen LogP contribution is -2.33. The molecule has 2 rings (SSSR count). The quantitative estimate of drug-likeness (QED) is 0.812. The van der Waals surface area contributed by atoms with Crippen LogP contribution in [0.5, 0.6) is 5.75 Å². The van der Waals surface area contributed by atoms with Crippen LogP contribution in [0, 0.1) is 11.7 Å². The number of hydrogen-bond donors (Lipinski definition) is 1. The van der Waals surface area contributed by atoms with E-state index in [0.29, 0.717) is 23.9 Å². The van der Waals surface area contributed by atoms with Crippen molar-refractivity contribution in [1.29, 1.82) is 0 Å². The lowest BCUT2D eigenvalue weighted by atomic mass is 9.93. The first kappa shape index (κ1) is 15.3. The number of benzene rings is 1. The van der Waals surface area contributed by atoms with Crippen LogP contribution in [0.1, 0.15) is 51.0 Å². The van der Waals surface area contributed by atoms with Crippen molar-refractivity contribution in [2.24, 2.45) is 5.92 Å². The third-order valence-electron chi connectivity index (χ3n) is 4.48. The van der Waals surface area contributed by atoms with Gasteiger partial charge in [-0.3, -0.25) is 0 Å². The SMILES string of the molecule is COc1ccc(CN[C@@H](C)C2CCCCCC2)c(F)c1. The minimum Gasteiger partial charge on any atom is -0.497 e. The molecule has 0 amide bonds. The molecule has 3 heteroatoms. The molecule has 0 bridgehead atoms. The van der Waals surface area contributed by atoms with Crippen LogP contribution < -0.4 is 10.1 Å². The number of hydrogen-bond acceptors (Lipinski definition) is 2. The predicted octanol–water partition coefficient (Wildman–Crippen LogP) is 4.28. The number of nitrogens with one attached hydrogen (secondary N) is 1. The molecule has 1 atom stereocenters. The average Bonchev–Trinajstić information content (AvgIpc) is 2.74. The van der Waals surface area contributed by atoms with Gasteiger partial charge in [-0.05, 0) is 31.7 Å². The van der Waals surface area contributed by atoms with Crippen molar-refractivity contribution in [3.05, 3.63) is 29.6 Å². The molecule has 1 N–H and O–H groups in total. The lowest BCUT2D eigenvalue weighted by molar-refractivity contribution is 0.335. The Morgan fingerprint density at radius 3 is 2.55 bits per heavy atom. The molecule has 1 aliphatic carbocycles. The molecular formula is C17H26FNO. The highest BCUT2D eigenvalue weighted by atomic mass is 19.1. The molecule has 1 aliphatic rings. The Bertz CT molecular complexity index is 413. The first-order chi connectivity index (χ1) is 9.70. The topological polar surface area (TPSA) is 21.3 Å². The molecule has 1 aromatic carbocycles. The summed E-state index contributed by atoms with van der Waals surface area (Å²) in [7, 11) is 1.56. The molecule has 0 saturated heterocycles. The number of rotatable bonds is 5. The fourth-order valence-electron chi connectivity index (χ4n) is 3.05. The maximum Gasteiger partial charge on any atom is 0.131 e. The summed E-state index contributed by atoms with van der Waals surface area (Å²) < 4.78 is 18.9. The van der Waals surface area contributed by atoms with Gasteiger partial charge in [-0.15, -0.1) is 0 Å². The molecule has 0 radical (unpaired) electrons. The minimum absolute atomic E-state index is 0.190. The third-order valence-corrected chi connectivity index (χ3v) is 4.48. The molecule has 20 heavy (non-hydrogen) atoms. The minimum atomic E-state index is -0.190. The molecule has 0 aliphatic heterocycles. The van der Waals surface area contributed by atoms with Gasteiger partial charge in [-0.2, -0.15) is 0 Å². The smallest absolute Gasteiger partial charge is 0.131 e. The Balaban J connectivity index is 1.87. The average molecular weight is 279 g/mol. The largest absolute Gasteiger partial charge is 0.497 e. The van der Waals surface area contributed by atoms with Crippen LogP contribution in [-0.2, 0) is 6.54 Å². The van der Waals surface area contributed by atoms with Crippen LogP contribution in [0.25, 0.3) is 0 Å².